The molecule has 0 amide bonds. The van der Waals surface area contributed by atoms with Crippen LogP contribution in [0.4, 0.5) is 24.7 Å². The van der Waals surface area contributed by atoms with Crippen LogP contribution in [0, 0.1) is 0 Å². The second-order valence-electron chi connectivity index (χ2n) is 7.52. The Kier molecular flexibility index (Phi) is 7.39. The van der Waals surface area contributed by atoms with Crippen molar-refractivity contribution in [2.24, 2.45) is 0 Å². The molecular weight excluding hydrogens is 395 g/mol. The normalized spacial score (nSPS) is 15.1. The standard InChI is InChI=1S/C22H28F3N3O2/c1-3-4-13-29-21-26-15-19(22(23,24)25)20(27-21)28(2)16-9-8-12-18(14-16)30-17-10-6-5-7-11-17/h8-9,12,14-15,17H,3-7,10-11,13H2,1-2H3. The molecule has 1 fully saturated rings. The van der Waals surface area contributed by atoms with Crippen molar-refractivity contribution in [2.45, 2.75) is 64.1 Å². The Labute approximate surface area is 175 Å². The van der Waals surface area contributed by atoms with Gasteiger partial charge in [-0.05, 0) is 44.2 Å². The number of ether oxygens (including phenoxy) is 2. The van der Waals surface area contributed by atoms with Gasteiger partial charge in [0.15, 0.2) is 5.82 Å². The average Bonchev–Trinajstić information content (AvgIpc) is 2.73. The van der Waals surface area contributed by atoms with E-state index in [0.717, 1.165) is 44.7 Å². The average molecular weight is 423 g/mol. The molecule has 5 nitrogen and oxygen atoms in total. The van der Waals surface area contributed by atoms with Gasteiger partial charge >= 0.3 is 12.2 Å². The summed E-state index contributed by atoms with van der Waals surface area (Å²) in [5, 5.41) is 0. The lowest BCUT2D eigenvalue weighted by Gasteiger charge is -2.25. The van der Waals surface area contributed by atoms with E-state index in [0.29, 0.717) is 18.0 Å². The molecule has 0 saturated heterocycles. The molecule has 0 unspecified atom stereocenters. The van der Waals surface area contributed by atoms with Gasteiger partial charge < -0.3 is 14.4 Å². The number of hydrogen-bond donors (Lipinski definition) is 0. The van der Waals surface area contributed by atoms with E-state index in [4.69, 9.17) is 9.47 Å². The Morgan fingerprint density at radius 2 is 1.93 bits per heavy atom. The van der Waals surface area contributed by atoms with Gasteiger partial charge in [-0.1, -0.05) is 25.8 Å². The van der Waals surface area contributed by atoms with E-state index in [2.05, 4.69) is 9.97 Å². The molecule has 0 atom stereocenters. The van der Waals surface area contributed by atoms with Gasteiger partial charge in [0.2, 0.25) is 0 Å². The quantitative estimate of drug-likeness (QED) is 0.476. The number of anilines is 2. The Bertz CT molecular complexity index is 824. The molecule has 0 bridgehead atoms. The number of benzene rings is 1. The molecule has 0 aliphatic heterocycles. The topological polar surface area (TPSA) is 47.5 Å². The zero-order valence-corrected chi connectivity index (χ0v) is 17.4. The third-order valence-corrected chi connectivity index (χ3v) is 5.16. The fourth-order valence-corrected chi connectivity index (χ4v) is 3.45. The number of unbranched alkanes of at least 4 members (excludes halogenated alkanes) is 1. The monoisotopic (exact) mass is 423 g/mol. The highest BCUT2D eigenvalue weighted by atomic mass is 19.4. The lowest BCUT2D eigenvalue weighted by Crippen LogP contribution is -2.21. The molecule has 1 aromatic carbocycles. The lowest BCUT2D eigenvalue weighted by atomic mass is 9.98. The van der Waals surface area contributed by atoms with Gasteiger partial charge in [-0.3, -0.25) is 0 Å². The molecule has 1 saturated carbocycles. The van der Waals surface area contributed by atoms with Crippen LogP contribution in [0.2, 0.25) is 0 Å². The minimum Gasteiger partial charge on any atom is -0.490 e. The molecule has 0 radical (unpaired) electrons. The van der Waals surface area contributed by atoms with Crippen molar-refractivity contribution in [3.05, 3.63) is 36.0 Å². The highest BCUT2D eigenvalue weighted by Gasteiger charge is 2.37. The van der Waals surface area contributed by atoms with Crippen molar-refractivity contribution in [2.75, 3.05) is 18.6 Å². The second kappa shape index (κ2) is 10.00. The molecule has 8 heteroatoms. The molecule has 1 heterocycles. The predicted octanol–water partition coefficient (Wildman–Crippen LogP) is 6.15. The zero-order chi connectivity index (χ0) is 21.6. The molecule has 1 aromatic heterocycles. The molecule has 30 heavy (non-hydrogen) atoms. The zero-order valence-electron chi connectivity index (χ0n) is 17.4. The van der Waals surface area contributed by atoms with Crippen molar-refractivity contribution in [1.82, 2.24) is 9.97 Å². The van der Waals surface area contributed by atoms with Crippen LogP contribution in [0.15, 0.2) is 30.5 Å². The van der Waals surface area contributed by atoms with Crippen molar-refractivity contribution in [3.63, 3.8) is 0 Å². The summed E-state index contributed by atoms with van der Waals surface area (Å²) in [4.78, 5) is 9.20. The van der Waals surface area contributed by atoms with Gasteiger partial charge in [-0.2, -0.15) is 18.2 Å². The van der Waals surface area contributed by atoms with E-state index >= 15 is 0 Å². The number of hydrogen-bond acceptors (Lipinski definition) is 5. The summed E-state index contributed by atoms with van der Waals surface area (Å²) < 4.78 is 52.2. The van der Waals surface area contributed by atoms with Gasteiger partial charge in [0.05, 0.1) is 12.7 Å². The van der Waals surface area contributed by atoms with Gasteiger partial charge in [-0.15, -0.1) is 0 Å². The third kappa shape index (κ3) is 5.77. The fraction of sp³-hybridized carbons (Fsp3) is 0.545. The summed E-state index contributed by atoms with van der Waals surface area (Å²) in [6.07, 6.45) is 3.54. The maximum Gasteiger partial charge on any atom is 0.421 e. The van der Waals surface area contributed by atoms with E-state index in [1.165, 1.54) is 11.3 Å². The van der Waals surface area contributed by atoms with Crippen LogP contribution >= 0.6 is 0 Å². The highest BCUT2D eigenvalue weighted by Crippen LogP contribution is 2.38. The van der Waals surface area contributed by atoms with Crippen LogP contribution < -0.4 is 14.4 Å². The first-order valence-electron chi connectivity index (χ1n) is 10.5. The van der Waals surface area contributed by atoms with Crippen molar-refractivity contribution in [1.29, 1.82) is 0 Å². The van der Waals surface area contributed by atoms with E-state index < -0.39 is 11.7 Å². The minimum absolute atomic E-state index is 0.0621. The first kappa shape index (κ1) is 22.2. The van der Waals surface area contributed by atoms with Gasteiger partial charge in [-0.25, -0.2) is 4.98 Å². The third-order valence-electron chi connectivity index (χ3n) is 5.16. The fourth-order valence-electron chi connectivity index (χ4n) is 3.45. The van der Waals surface area contributed by atoms with E-state index in [-0.39, 0.29) is 17.9 Å². The number of halogens is 3. The highest BCUT2D eigenvalue weighted by molar-refractivity contribution is 5.64. The predicted molar refractivity (Wildman–Crippen MR) is 109 cm³/mol. The van der Waals surface area contributed by atoms with Gasteiger partial charge in [0.1, 0.15) is 11.3 Å². The summed E-state index contributed by atoms with van der Waals surface area (Å²) in [6, 6.07) is 7.02. The largest absolute Gasteiger partial charge is 0.490 e. The van der Waals surface area contributed by atoms with Crippen LogP contribution in [0.25, 0.3) is 0 Å². The minimum atomic E-state index is -4.58. The number of rotatable bonds is 8. The second-order valence-corrected chi connectivity index (χ2v) is 7.52. The number of aromatic nitrogens is 2. The molecule has 1 aliphatic rings. The summed E-state index contributed by atoms with van der Waals surface area (Å²) in [7, 11) is 1.55. The smallest absolute Gasteiger partial charge is 0.421 e. The Morgan fingerprint density at radius 1 is 1.17 bits per heavy atom. The molecule has 0 N–H and O–H groups in total. The van der Waals surface area contributed by atoms with Crippen molar-refractivity contribution < 1.29 is 22.6 Å². The van der Waals surface area contributed by atoms with Crippen LogP contribution in [0.5, 0.6) is 11.8 Å². The molecule has 2 aromatic rings. The number of alkyl halides is 3. The van der Waals surface area contributed by atoms with Crippen LogP contribution in [-0.2, 0) is 6.18 Å². The first-order valence-corrected chi connectivity index (χ1v) is 10.5. The molecule has 0 spiro atoms. The Morgan fingerprint density at radius 3 is 2.63 bits per heavy atom. The first-order chi connectivity index (χ1) is 14.4. The van der Waals surface area contributed by atoms with Crippen LogP contribution in [-0.4, -0.2) is 29.7 Å². The van der Waals surface area contributed by atoms with Crippen LogP contribution in [0.1, 0.15) is 57.4 Å². The van der Waals surface area contributed by atoms with Crippen molar-refractivity contribution >= 4 is 11.5 Å². The van der Waals surface area contributed by atoms with Crippen LogP contribution in [0.3, 0.4) is 0 Å². The van der Waals surface area contributed by atoms with E-state index in [1.54, 1.807) is 25.2 Å². The maximum atomic E-state index is 13.6. The maximum absolute atomic E-state index is 13.6. The SMILES string of the molecule is CCCCOc1ncc(C(F)(F)F)c(N(C)c2cccc(OC3CCCCC3)c2)n1. The van der Waals surface area contributed by atoms with Gasteiger partial charge in [0.25, 0.3) is 0 Å². The Balaban J connectivity index is 1.85. The lowest BCUT2D eigenvalue weighted by molar-refractivity contribution is -0.137. The van der Waals surface area contributed by atoms with Gasteiger partial charge in [0, 0.05) is 25.0 Å². The summed E-state index contributed by atoms with van der Waals surface area (Å²) >= 11 is 0. The summed E-state index contributed by atoms with van der Waals surface area (Å²) in [6.45, 7) is 2.36. The number of nitrogens with zero attached hydrogens (tertiary/aromatic N) is 3. The molecular formula is C22H28F3N3O2. The molecule has 1 aliphatic carbocycles. The molecule has 3 rings (SSSR count). The van der Waals surface area contributed by atoms with E-state index in [1.807, 2.05) is 13.0 Å². The summed E-state index contributed by atoms with van der Waals surface area (Å²) in [5.41, 5.74) is -0.363. The Hall–Kier alpha value is -2.51. The summed E-state index contributed by atoms with van der Waals surface area (Å²) in [5.74, 6) is 0.395. The van der Waals surface area contributed by atoms with E-state index in [9.17, 15) is 13.2 Å². The molecule has 164 valence electrons. The van der Waals surface area contributed by atoms with Crippen molar-refractivity contribution in [3.8, 4) is 11.8 Å².